The SMILES string of the molecule is C=CC(=O)Nc1cc2c(NC)ncnc2cc1C. The Balaban J connectivity index is 2.58. The Morgan fingerprint density at radius 1 is 1.39 bits per heavy atom. The summed E-state index contributed by atoms with van der Waals surface area (Å²) in [6.07, 6.45) is 2.75. The van der Waals surface area contributed by atoms with Crippen molar-refractivity contribution >= 4 is 28.3 Å². The van der Waals surface area contributed by atoms with Gasteiger partial charge in [0.2, 0.25) is 5.91 Å². The van der Waals surface area contributed by atoms with Crippen molar-refractivity contribution in [2.45, 2.75) is 6.92 Å². The minimum atomic E-state index is -0.236. The zero-order chi connectivity index (χ0) is 13.1. The molecule has 2 N–H and O–H groups in total. The number of hydrogen-bond donors (Lipinski definition) is 2. The Bertz CT molecular complexity index is 622. The predicted molar refractivity (Wildman–Crippen MR) is 72.6 cm³/mol. The zero-order valence-corrected chi connectivity index (χ0v) is 10.3. The van der Waals surface area contributed by atoms with E-state index in [2.05, 4.69) is 27.2 Å². The van der Waals surface area contributed by atoms with Crippen LogP contribution in [0.3, 0.4) is 0 Å². The van der Waals surface area contributed by atoms with Crippen LogP contribution in [0.5, 0.6) is 0 Å². The minimum Gasteiger partial charge on any atom is -0.373 e. The molecule has 18 heavy (non-hydrogen) atoms. The van der Waals surface area contributed by atoms with Gasteiger partial charge in [0.15, 0.2) is 0 Å². The predicted octanol–water partition coefficient (Wildman–Crippen LogP) is 2.10. The molecular formula is C13H14N4O. The van der Waals surface area contributed by atoms with Crippen LogP contribution in [0.4, 0.5) is 11.5 Å². The number of hydrogen-bond acceptors (Lipinski definition) is 4. The summed E-state index contributed by atoms with van der Waals surface area (Å²) >= 11 is 0. The van der Waals surface area contributed by atoms with Crippen LogP contribution in [0.15, 0.2) is 31.1 Å². The number of aryl methyl sites for hydroxylation is 1. The third kappa shape index (κ3) is 2.15. The molecule has 2 aromatic rings. The molecule has 0 atom stereocenters. The van der Waals surface area contributed by atoms with Gasteiger partial charge in [-0.05, 0) is 30.7 Å². The first-order valence-corrected chi connectivity index (χ1v) is 5.52. The fourth-order valence-corrected chi connectivity index (χ4v) is 1.73. The molecule has 1 heterocycles. The van der Waals surface area contributed by atoms with Crippen LogP contribution in [0.2, 0.25) is 0 Å². The number of anilines is 2. The van der Waals surface area contributed by atoms with Gasteiger partial charge in [-0.15, -0.1) is 0 Å². The first-order valence-electron chi connectivity index (χ1n) is 5.52. The van der Waals surface area contributed by atoms with Crippen molar-refractivity contribution in [3.8, 4) is 0 Å². The summed E-state index contributed by atoms with van der Waals surface area (Å²) in [4.78, 5) is 19.7. The van der Waals surface area contributed by atoms with Crippen LogP contribution in [0.1, 0.15) is 5.56 Å². The quantitative estimate of drug-likeness (QED) is 0.809. The largest absolute Gasteiger partial charge is 0.373 e. The lowest BCUT2D eigenvalue weighted by Crippen LogP contribution is -2.08. The summed E-state index contributed by atoms with van der Waals surface area (Å²) in [5, 5.41) is 6.63. The Morgan fingerprint density at radius 2 is 2.17 bits per heavy atom. The third-order valence-electron chi connectivity index (χ3n) is 2.66. The first-order chi connectivity index (χ1) is 8.65. The number of rotatable bonds is 3. The van der Waals surface area contributed by atoms with Crippen LogP contribution in [0.25, 0.3) is 10.9 Å². The van der Waals surface area contributed by atoms with Gasteiger partial charge in [-0.25, -0.2) is 9.97 Å². The molecule has 0 aliphatic heterocycles. The van der Waals surface area contributed by atoms with Gasteiger partial charge in [0.05, 0.1) is 5.52 Å². The van der Waals surface area contributed by atoms with E-state index in [1.165, 1.54) is 12.4 Å². The van der Waals surface area contributed by atoms with Gasteiger partial charge < -0.3 is 10.6 Å². The number of amides is 1. The monoisotopic (exact) mass is 242 g/mol. The van der Waals surface area contributed by atoms with E-state index in [1.54, 1.807) is 7.05 Å². The normalized spacial score (nSPS) is 10.1. The molecule has 0 saturated carbocycles. The second kappa shape index (κ2) is 4.83. The maximum absolute atomic E-state index is 11.3. The van der Waals surface area contributed by atoms with Crippen molar-refractivity contribution in [3.63, 3.8) is 0 Å². The summed E-state index contributed by atoms with van der Waals surface area (Å²) in [6, 6.07) is 3.77. The number of carbonyl (C=O) groups is 1. The van der Waals surface area contributed by atoms with Gasteiger partial charge in [-0.1, -0.05) is 6.58 Å². The molecule has 1 amide bonds. The number of nitrogens with zero attached hydrogens (tertiary/aromatic N) is 2. The minimum absolute atomic E-state index is 0.236. The average Bonchev–Trinajstić information content (AvgIpc) is 2.38. The lowest BCUT2D eigenvalue weighted by molar-refractivity contribution is -0.111. The van der Waals surface area contributed by atoms with E-state index < -0.39 is 0 Å². The van der Waals surface area contributed by atoms with Gasteiger partial charge in [0.1, 0.15) is 12.1 Å². The first kappa shape index (κ1) is 12.0. The fraction of sp³-hybridized carbons (Fsp3) is 0.154. The van der Waals surface area contributed by atoms with E-state index in [9.17, 15) is 4.79 Å². The average molecular weight is 242 g/mol. The highest BCUT2D eigenvalue weighted by Gasteiger charge is 2.07. The number of carbonyl (C=O) groups excluding carboxylic acids is 1. The van der Waals surface area contributed by atoms with E-state index in [0.717, 1.165) is 28.0 Å². The molecule has 1 aromatic carbocycles. The summed E-state index contributed by atoms with van der Waals surface area (Å²) < 4.78 is 0. The second-order valence-corrected chi connectivity index (χ2v) is 3.85. The van der Waals surface area contributed by atoms with Crippen molar-refractivity contribution in [3.05, 3.63) is 36.7 Å². The van der Waals surface area contributed by atoms with Gasteiger partial charge in [0.25, 0.3) is 0 Å². The van der Waals surface area contributed by atoms with Gasteiger partial charge in [0, 0.05) is 18.1 Å². The van der Waals surface area contributed by atoms with E-state index >= 15 is 0 Å². The Hall–Kier alpha value is -2.43. The molecule has 2 rings (SSSR count). The Labute approximate surface area is 105 Å². The molecule has 1 aromatic heterocycles. The lowest BCUT2D eigenvalue weighted by atomic mass is 10.1. The Kier molecular flexibility index (Phi) is 3.23. The van der Waals surface area contributed by atoms with Crippen molar-refractivity contribution in [1.29, 1.82) is 0 Å². The van der Waals surface area contributed by atoms with Crippen LogP contribution in [-0.2, 0) is 4.79 Å². The number of aromatic nitrogens is 2. The highest BCUT2D eigenvalue weighted by Crippen LogP contribution is 2.26. The molecule has 5 nitrogen and oxygen atoms in total. The smallest absolute Gasteiger partial charge is 0.247 e. The topological polar surface area (TPSA) is 66.9 Å². The van der Waals surface area contributed by atoms with Crippen LogP contribution in [0, 0.1) is 6.92 Å². The summed E-state index contributed by atoms with van der Waals surface area (Å²) in [5.41, 5.74) is 2.51. The lowest BCUT2D eigenvalue weighted by Gasteiger charge is -2.10. The molecule has 0 bridgehead atoms. The fourth-order valence-electron chi connectivity index (χ4n) is 1.73. The van der Waals surface area contributed by atoms with Crippen molar-refractivity contribution in [1.82, 2.24) is 9.97 Å². The van der Waals surface area contributed by atoms with E-state index in [1.807, 2.05) is 19.1 Å². The molecule has 5 heteroatoms. The zero-order valence-electron chi connectivity index (χ0n) is 10.3. The summed E-state index contributed by atoms with van der Waals surface area (Å²) in [7, 11) is 1.80. The highest BCUT2D eigenvalue weighted by molar-refractivity contribution is 6.02. The maximum atomic E-state index is 11.3. The molecule has 0 fully saturated rings. The van der Waals surface area contributed by atoms with Crippen LogP contribution in [-0.4, -0.2) is 22.9 Å². The van der Waals surface area contributed by atoms with Crippen molar-refractivity contribution < 1.29 is 4.79 Å². The van der Waals surface area contributed by atoms with E-state index in [0.29, 0.717) is 0 Å². The summed E-state index contributed by atoms with van der Waals surface area (Å²) in [5.74, 6) is 0.495. The molecule has 0 spiro atoms. The molecular weight excluding hydrogens is 228 g/mol. The highest BCUT2D eigenvalue weighted by atomic mass is 16.1. The number of benzene rings is 1. The molecule has 0 saturated heterocycles. The molecule has 0 radical (unpaired) electrons. The maximum Gasteiger partial charge on any atom is 0.247 e. The van der Waals surface area contributed by atoms with E-state index in [4.69, 9.17) is 0 Å². The van der Waals surface area contributed by atoms with Crippen molar-refractivity contribution in [2.75, 3.05) is 17.7 Å². The molecule has 92 valence electrons. The summed E-state index contributed by atoms with van der Waals surface area (Å²) in [6.45, 7) is 5.35. The van der Waals surface area contributed by atoms with Gasteiger partial charge in [-0.3, -0.25) is 4.79 Å². The van der Waals surface area contributed by atoms with Gasteiger partial charge >= 0.3 is 0 Å². The Morgan fingerprint density at radius 3 is 2.83 bits per heavy atom. The van der Waals surface area contributed by atoms with Crippen LogP contribution < -0.4 is 10.6 Å². The molecule has 0 unspecified atom stereocenters. The van der Waals surface area contributed by atoms with E-state index in [-0.39, 0.29) is 5.91 Å². The van der Waals surface area contributed by atoms with Crippen LogP contribution >= 0.6 is 0 Å². The van der Waals surface area contributed by atoms with Gasteiger partial charge in [-0.2, -0.15) is 0 Å². The molecule has 0 aliphatic rings. The van der Waals surface area contributed by atoms with Crippen molar-refractivity contribution in [2.24, 2.45) is 0 Å². The standard InChI is InChI=1S/C13H14N4O/c1-4-12(18)17-10-6-9-11(5-8(10)2)15-7-16-13(9)14-3/h4-7H,1H2,2-3H3,(H,17,18)(H,14,15,16). The molecule has 0 aliphatic carbocycles. The number of fused-ring (bicyclic) bond motifs is 1. The third-order valence-corrected chi connectivity index (χ3v) is 2.66. The number of nitrogens with one attached hydrogen (secondary N) is 2. The second-order valence-electron chi connectivity index (χ2n) is 3.85.